The Morgan fingerprint density at radius 2 is 2.50 bits per heavy atom. The predicted octanol–water partition coefficient (Wildman–Crippen LogP) is 2.02. The molecule has 1 rings (SSSR count). The van der Waals surface area contributed by atoms with Crippen molar-refractivity contribution in [1.29, 1.82) is 0 Å². The van der Waals surface area contributed by atoms with E-state index < -0.39 is 6.09 Å². The van der Waals surface area contributed by atoms with Crippen LogP contribution in [0, 0.1) is 0 Å². The molecule has 1 aromatic heterocycles. The Hall–Kier alpha value is -1.10. The molecule has 0 saturated heterocycles. The zero-order valence-corrected chi connectivity index (χ0v) is 7.96. The maximum Gasteiger partial charge on any atom is 0.411 e. The van der Waals surface area contributed by atoms with E-state index in [4.69, 9.17) is 0 Å². The number of pyridine rings is 1. The lowest BCUT2D eigenvalue weighted by Gasteiger charge is -2.03. The van der Waals surface area contributed by atoms with Gasteiger partial charge in [0.2, 0.25) is 0 Å². The van der Waals surface area contributed by atoms with E-state index in [1.807, 2.05) is 0 Å². The maximum atomic E-state index is 10.8. The molecule has 0 spiro atoms. The largest absolute Gasteiger partial charge is 0.453 e. The van der Waals surface area contributed by atoms with Crippen LogP contribution < -0.4 is 5.32 Å². The molecule has 1 amide bonds. The summed E-state index contributed by atoms with van der Waals surface area (Å²) in [5.41, 5.74) is 0.636. The first kappa shape index (κ1) is 8.99. The van der Waals surface area contributed by atoms with Gasteiger partial charge in [-0.05, 0) is 22.0 Å². The highest BCUT2D eigenvalue weighted by molar-refractivity contribution is 9.10. The monoisotopic (exact) mass is 230 g/mol. The number of methoxy groups -OCH3 is 1. The van der Waals surface area contributed by atoms with Crippen molar-refractivity contribution in [2.75, 3.05) is 12.4 Å². The van der Waals surface area contributed by atoms with Crippen LogP contribution in [-0.2, 0) is 4.74 Å². The standard InChI is InChI=1S/C7H7BrN2O2/c1-12-7(11)10-6-2-3-9-4-5(6)8/h2-4H,1H3,(H,9,10,11). The van der Waals surface area contributed by atoms with E-state index in [1.165, 1.54) is 7.11 Å². The number of nitrogens with zero attached hydrogens (tertiary/aromatic N) is 1. The molecule has 0 aromatic carbocycles. The Morgan fingerprint density at radius 3 is 3.08 bits per heavy atom. The van der Waals surface area contributed by atoms with Crippen molar-refractivity contribution in [1.82, 2.24) is 4.98 Å². The van der Waals surface area contributed by atoms with Gasteiger partial charge in [-0.2, -0.15) is 0 Å². The van der Waals surface area contributed by atoms with Gasteiger partial charge in [-0.3, -0.25) is 10.3 Å². The van der Waals surface area contributed by atoms with E-state index in [9.17, 15) is 4.79 Å². The normalized spacial score (nSPS) is 9.17. The predicted molar refractivity (Wildman–Crippen MR) is 48.0 cm³/mol. The molecule has 1 N–H and O–H groups in total. The zero-order valence-electron chi connectivity index (χ0n) is 6.37. The number of carbonyl (C=O) groups is 1. The van der Waals surface area contributed by atoms with Crippen LogP contribution in [-0.4, -0.2) is 18.2 Å². The molecule has 0 bridgehead atoms. The highest BCUT2D eigenvalue weighted by atomic mass is 79.9. The van der Waals surface area contributed by atoms with Gasteiger partial charge < -0.3 is 4.74 Å². The summed E-state index contributed by atoms with van der Waals surface area (Å²) in [5, 5.41) is 2.51. The minimum absolute atomic E-state index is 0.498. The summed E-state index contributed by atoms with van der Waals surface area (Å²) in [4.78, 5) is 14.6. The molecule has 0 saturated carbocycles. The quantitative estimate of drug-likeness (QED) is 0.804. The molecular weight excluding hydrogens is 224 g/mol. The van der Waals surface area contributed by atoms with Crippen LogP contribution in [0.4, 0.5) is 10.5 Å². The van der Waals surface area contributed by atoms with Crippen LogP contribution in [0.15, 0.2) is 22.9 Å². The van der Waals surface area contributed by atoms with Crippen LogP contribution in [0.2, 0.25) is 0 Å². The third-order valence-corrected chi connectivity index (χ3v) is 1.83. The molecule has 4 nitrogen and oxygen atoms in total. The number of nitrogens with one attached hydrogen (secondary N) is 1. The summed E-state index contributed by atoms with van der Waals surface area (Å²) >= 11 is 3.22. The van der Waals surface area contributed by atoms with E-state index in [1.54, 1.807) is 18.5 Å². The highest BCUT2D eigenvalue weighted by Gasteiger charge is 2.02. The number of anilines is 1. The van der Waals surface area contributed by atoms with Gasteiger partial charge in [0.05, 0.1) is 17.3 Å². The van der Waals surface area contributed by atoms with Crippen LogP contribution in [0.5, 0.6) is 0 Å². The van der Waals surface area contributed by atoms with Crippen LogP contribution >= 0.6 is 15.9 Å². The lowest BCUT2D eigenvalue weighted by molar-refractivity contribution is 0.187. The lowest BCUT2D eigenvalue weighted by Crippen LogP contribution is -2.11. The molecule has 1 aromatic rings. The summed E-state index contributed by atoms with van der Waals surface area (Å²) < 4.78 is 5.14. The molecule has 0 aliphatic carbocycles. The van der Waals surface area contributed by atoms with Crippen molar-refractivity contribution in [2.24, 2.45) is 0 Å². The number of carbonyl (C=O) groups excluding carboxylic acids is 1. The Balaban J connectivity index is 2.75. The topological polar surface area (TPSA) is 51.2 Å². The van der Waals surface area contributed by atoms with E-state index in [0.717, 1.165) is 4.47 Å². The second kappa shape index (κ2) is 4.06. The average molecular weight is 231 g/mol. The molecule has 0 atom stereocenters. The first-order valence-electron chi connectivity index (χ1n) is 3.18. The Morgan fingerprint density at radius 1 is 1.75 bits per heavy atom. The SMILES string of the molecule is COC(=O)Nc1ccncc1Br. The van der Waals surface area contributed by atoms with Crippen LogP contribution in [0.25, 0.3) is 0 Å². The van der Waals surface area contributed by atoms with Crippen LogP contribution in [0.1, 0.15) is 0 Å². The maximum absolute atomic E-state index is 10.8. The first-order valence-corrected chi connectivity index (χ1v) is 3.98. The number of amides is 1. The summed E-state index contributed by atoms with van der Waals surface area (Å²) in [6, 6.07) is 1.67. The summed E-state index contributed by atoms with van der Waals surface area (Å²) in [6.07, 6.45) is 2.67. The van der Waals surface area contributed by atoms with Crippen molar-refractivity contribution in [2.45, 2.75) is 0 Å². The van der Waals surface area contributed by atoms with Gasteiger partial charge in [0.15, 0.2) is 0 Å². The number of rotatable bonds is 1. The minimum atomic E-state index is -0.498. The van der Waals surface area contributed by atoms with E-state index in [2.05, 4.69) is 31.0 Å². The van der Waals surface area contributed by atoms with Gasteiger partial charge in [0.1, 0.15) is 0 Å². The number of hydrogen-bond acceptors (Lipinski definition) is 3. The van der Waals surface area contributed by atoms with Crippen molar-refractivity contribution in [3.63, 3.8) is 0 Å². The van der Waals surface area contributed by atoms with E-state index >= 15 is 0 Å². The molecule has 5 heteroatoms. The van der Waals surface area contributed by atoms with Crippen molar-refractivity contribution >= 4 is 27.7 Å². The van der Waals surface area contributed by atoms with Crippen molar-refractivity contribution < 1.29 is 9.53 Å². The fourth-order valence-electron chi connectivity index (χ4n) is 0.638. The van der Waals surface area contributed by atoms with E-state index in [-0.39, 0.29) is 0 Å². The Bertz CT molecular complexity index is 290. The Labute approximate surface area is 78.1 Å². The zero-order chi connectivity index (χ0) is 8.97. The molecule has 64 valence electrons. The highest BCUT2D eigenvalue weighted by Crippen LogP contribution is 2.19. The van der Waals surface area contributed by atoms with Gasteiger partial charge in [0.25, 0.3) is 0 Å². The average Bonchev–Trinajstić information content (AvgIpc) is 2.09. The molecule has 0 fully saturated rings. The van der Waals surface area contributed by atoms with Gasteiger partial charge in [0, 0.05) is 12.4 Å². The first-order chi connectivity index (χ1) is 5.74. The Kier molecular flexibility index (Phi) is 3.04. The second-order valence-electron chi connectivity index (χ2n) is 1.97. The minimum Gasteiger partial charge on any atom is -0.453 e. The summed E-state index contributed by atoms with van der Waals surface area (Å²) in [6.45, 7) is 0. The molecule has 12 heavy (non-hydrogen) atoms. The fraction of sp³-hybridized carbons (Fsp3) is 0.143. The van der Waals surface area contributed by atoms with Crippen molar-refractivity contribution in [3.8, 4) is 0 Å². The van der Waals surface area contributed by atoms with Gasteiger partial charge >= 0.3 is 6.09 Å². The van der Waals surface area contributed by atoms with Gasteiger partial charge in [-0.1, -0.05) is 0 Å². The molecular formula is C7H7BrN2O2. The second-order valence-corrected chi connectivity index (χ2v) is 2.83. The van der Waals surface area contributed by atoms with Crippen LogP contribution in [0.3, 0.4) is 0 Å². The molecule has 0 aliphatic heterocycles. The van der Waals surface area contributed by atoms with E-state index in [0.29, 0.717) is 5.69 Å². The molecule has 1 heterocycles. The summed E-state index contributed by atoms with van der Waals surface area (Å²) in [5.74, 6) is 0. The third kappa shape index (κ3) is 2.20. The molecule has 0 aliphatic rings. The molecule has 0 unspecified atom stereocenters. The number of halogens is 1. The third-order valence-electron chi connectivity index (χ3n) is 1.19. The van der Waals surface area contributed by atoms with Gasteiger partial charge in [-0.15, -0.1) is 0 Å². The smallest absolute Gasteiger partial charge is 0.411 e. The number of ether oxygens (including phenoxy) is 1. The number of aromatic nitrogens is 1. The van der Waals surface area contributed by atoms with Gasteiger partial charge in [-0.25, -0.2) is 4.79 Å². The molecule has 0 radical (unpaired) electrons. The van der Waals surface area contributed by atoms with Crippen molar-refractivity contribution in [3.05, 3.63) is 22.9 Å². The fourth-order valence-corrected chi connectivity index (χ4v) is 0.987. The number of hydrogen-bond donors (Lipinski definition) is 1. The lowest BCUT2D eigenvalue weighted by atomic mass is 10.4. The summed E-state index contributed by atoms with van der Waals surface area (Å²) in [7, 11) is 1.31.